The number of pyridine rings is 1. The number of hydrogen-bond donors (Lipinski definition) is 1. The van der Waals surface area contributed by atoms with Crippen molar-refractivity contribution in [3.63, 3.8) is 0 Å². The summed E-state index contributed by atoms with van der Waals surface area (Å²) in [6.45, 7) is 0.865. The van der Waals surface area contributed by atoms with Crippen LogP contribution < -0.4 is 4.90 Å². The molecule has 6 heteroatoms. The van der Waals surface area contributed by atoms with E-state index in [2.05, 4.69) is 4.98 Å². The molecule has 18 heavy (non-hydrogen) atoms. The van der Waals surface area contributed by atoms with Gasteiger partial charge in [0.05, 0.1) is 4.92 Å². The fraction of sp³-hybridized carbons (Fsp3) is 0.583. The summed E-state index contributed by atoms with van der Waals surface area (Å²) in [7, 11) is 0. The highest BCUT2D eigenvalue weighted by molar-refractivity contribution is 5.58. The number of anilines is 1. The van der Waals surface area contributed by atoms with Gasteiger partial charge in [0.25, 0.3) is 0 Å². The summed E-state index contributed by atoms with van der Waals surface area (Å²) in [5.74, 6) is 0.431. The molecule has 2 rings (SSSR count). The maximum atomic E-state index is 11.0. The molecule has 6 nitrogen and oxygen atoms in total. The van der Waals surface area contributed by atoms with E-state index in [0.29, 0.717) is 12.2 Å². The summed E-state index contributed by atoms with van der Waals surface area (Å²) >= 11 is 0. The minimum absolute atomic E-state index is 0.0438. The molecule has 1 N–H and O–H groups in total. The van der Waals surface area contributed by atoms with Crippen molar-refractivity contribution in [3.8, 4) is 0 Å². The van der Waals surface area contributed by atoms with Gasteiger partial charge < -0.3 is 10.0 Å². The van der Waals surface area contributed by atoms with Crippen LogP contribution in [0.15, 0.2) is 18.3 Å². The Bertz CT molecular complexity index is 423. The first-order valence-electron chi connectivity index (χ1n) is 6.21. The number of nitro groups is 1. The van der Waals surface area contributed by atoms with Gasteiger partial charge in [0.1, 0.15) is 0 Å². The lowest BCUT2D eigenvalue weighted by Gasteiger charge is -2.36. The topological polar surface area (TPSA) is 79.5 Å². The number of hydrogen-bond acceptors (Lipinski definition) is 5. The van der Waals surface area contributed by atoms with Gasteiger partial charge in [-0.25, -0.2) is 4.98 Å². The summed E-state index contributed by atoms with van der Waals surface area (Å²) in [6.07, 6.45) is 5.27. The van der Waals surface area contributed by atoms with Gasteiger partial charge in [0.15, 0.2) is 0 Å². The average Bonchev–Trinajstić information content (AvgIpc) is 2.40. The number of nitrogens with zero attached hydrogens (tertiary/aromatic N) is 3. The normalized spacial score (nSPS) is 19.8. The maximum Gasteiger partial charge on any atom is 0.311 e. The molecule has 1 unspecified atom stereocenters. The number of aliphatic hydroxyl groups is 1. The zero-order valence-corrected chi connectivity index (χ0v) is 10.2. The lowest BCUT2D eigenvalue weighted by molar-refractivity contribution is -0.384. The van der Waals surface area contributed by atoms with Crippen LogP contribution in [0.3, 0.4) is 0 Å². The predicted octanol–water partition coefficient (Wildman–Crippen LogP) is 1.73. The van der Waals surface area contributed by atoms with Crippen LogP contribution >= 0.6 is 0 Å². The Balaban J connectivity index is 2.30. The number of aliphatic hydroxyl groups excluding tert-OH is 1. The summed E-state index contributed by atoms with van der Waals surface area (Å²) in [5.41, 5.74) is 0.0438. The van der Waals surface area contributed by atoms with Gasteiger partial charge in [-0.15, -0.1) is 0 Å². The van der Waals surface area contributed by atoms with Crippen molar-refractivity contribution < 1.29 is 10.0 Å². The van der Waals surface area contributed by atoms with Crippen LogP contribution in [0, 0.1) is 10.1 Å². The molecule has 0 saturated carbocycles. The molecule has 98 valence electrons. The third kappa shape index (κ3) is 2.59. The molecule has 0 aliphatic carbocycles. The minimum Gasteiger partial charge on any atom is -0.396 e. The van der Waals surface area contributed by atoms with Gasteiger partial charge in [-0.3, -0.25) is 10.1 Å². The molecule has 0 spiro atoms. The lowest BCUT2D eigenvalue weighted by Crippen LogP contribution is -2.41. The van der Waals surface area contributed by atoms with Crippen molar-refractivity contribution in [3.05, 3.63) is 28.4 Å². The second-order valence-electron chi connectivity index (χ2n) is 4.46. The van der Waals surface area contributed by atoms with E-state index in [9.17, 15) is 10.1 Å². The average molecular weight is 251 g/mol. The third-order valence-corrected chi connectivity index (χ3v) is 3.32. The van der Waals surface area contributed by atoms with E-state index >= 15 is 0 Å². The second kappa shape index (κ2) is 5.77. The molecule has 2 heterocycles. The van der Waals surface area contributed by atoms with Crippen molar-refractivity contribution in [2.45, 2.75) is 31.7 Å². The van der Waals surface area contributed by atoms with Crippen molar-refractivity contribution in [2.75, 3.05) is 18.1 Å². The van der Waals surface area contributed by atoms with E-state index in [4.69, 9.17) is 5.11 Å². The van der Waals surface area contributed by atoms with Gasteiger partial charge in [-0.1, -0.05) is 0 Å². The zero-order chi connectivity index (χ0) is 13.0. The Morgan fingerprint density at radius 1 is 1.56 bits per heavy atom. The standard InChI is InChI=1S/C12H17N3O3/c16-9-6-10-4-1-2-8-14(10)12-11(15(17)18)5-3-7-13-12/h3,5,7,10,16H,1-2,4,6,8-9H2. The van der Waals surface area contributed by atoms with Gasteiger partial charge in [-0.2, -0.15) is 0 Å². The largest absolute Gasteiger partial charge is 0.396 e. The molecule has 1 fully saturated rings. The number of rotatable bonds is 4. The third-order valence-electron chi connectivity index (χ3n) is 3.32. The van der Waals surface area contributed by atoms with Crippen LogP contribution in [0.4, 0.5) is 11.5 Å². The molecule has 1 saturated heterocycles. The van der Waals surface area contributed by atoms with Crippen LogP contribution in [-0.4, -0.2) is 34.2 Å². The molecule has 0 aromatic carbocycles. The predicted molar refractivity (Wildman–Crippen MR) is 67.6 cm³/mol. The Labute approximate surface area is 105 Å². The Morgan fingerprint density at radius 2 is 2.39 bits per heavy atom. The van der Waals surface area contributed by atoms with Gasteiger partial charge in [0, 0.05) is 31.5 Å². The quantitative estimate of drug-likeness (QED) is 0.651. The van der Waals surface area contributed by atoms with Gasteiger partial charge in [0.2, 0.25) is 5.82 Å². The Kier molecular flexibility index (Phi) is 4.09. The van der Waals surface area contributed by atoms with Crippen molar-refractivity contribution >= 4 is 11.5 Å². The van der Waals surface area contributed by atoms with E-state index in [1.54, 1.807) is 12.3 Å². The van der Waals surface area contributed by atoms with E-state index in [-0.39, 0.29) is 18.3 Å². The Hall–Kier alpha value is -1.69. The maximum absolute atomic E-state index is 11.0. The molecular weight excluding hydrogens is 234 g/mol. The van der Waals surface area contributed by atoms with Crippen LogP contribution in [0.25, 0.3) is 0 Å². The molecule has 1 aromatic heterocycles. The highest BCUT2D eigenvalue weighted by atomic mass is 16.6. The first-order valence-corrected chi connectivity index (χ1v) is 6.21. The molecule has 1 aliphatic rings. The van der Waals surface area contributed by atoms with Crippen LogP contribution in [0.5, 0.6) is 0 Å². The molecule has 0 amide bonds. The number of aromatic nitrogens is 1. The molecule has 0 radical (unpaired) electrons. The smallest absolute Gasteiger partial charge is 0.311 e. The summed E-state index contributed by atoms with van der Waals surface area (Å²) in [6, 6.07) is 3.21. The lowest BCUT2D eigenvalue weighted by atomic mass is 9.99. The van der Waals surface area contributed by atoms with E-state index in [0.717, 1.165) is 25.8 Å². The first-order chi connectivity index (χ1) is 8.74. The van der Waals surface area contributed by atoms with Crippen LogP contribution in [0.1, 0.15) is 25.7 Å². The highest BCUT2D eigenvalue weighted by Gasteiger charge is 2.28. The Morgan fingerprint density at radius 3 is 3.11 bits per heavy atom. The SMILES string of the molecule is O=[N+]([O-])c1cccnc1N1CCCCC1CCO. The van der Waals surface area contributed by atoms with Gasteiger partial charge >= 0.3 is 5.69 Å². The van der Waals surface area contributed by atoms with E-state index in [1.807, 2.05) is 4.90 Å². The van der Waals surface area contributed by atoms with E-state index < -0.39 is 4.92 Å². The summed E-state index contributed by atoms with van der Waals surface area (Å²) < 4.78 is 0. The van der Waals surface area contributed by atoms with Crippen LogP contribution in [0.2, 0.25) is 0 Å². The zero-order valence-electron chi connectivity index (χ0n) is 10.2. The molecular formula is C12H17N3O3. The number of piperidine rings is 1. The molecule has 1 aliphatic heterocycles. The molecule has 1 atom stereocenters. The monoisotopic (exact) mass is 251 g/mol. The molecule has 0 bridgehead atoms. The first kappa shape index (κ1) is 12.8. The van der Waals surface area contributed by atoms with Crippen LogP contribution in [-0.2, 0) is 0 Å². The minimum atomic E-state index is -0.396. The fourth-order valence-corrected chi connectivity index (χ4v) is 2.48. The second-order valence-corrected chi connectivity index (χ2v) is 4.46. The van der Waals surface area contributed by atoms with Crippen molar-refractivity contribution in [1.29, 1.82) is 0 Å². The molecule has 1 aromatic rings. The van der Waals surface area contributed by atoms with Gasteiger partial charge in [-0.05, 0) is 31.7 Å². The fourth-order valence-electron chi connectivity index (χ4n) is 2.48. The summed E-state index contributed by atoms with van der Waals surface area (Å²) in [4.78, 5) is 16.8. The van der Waals surface area contributed by atoms with Crippen molar-refractivity contribution in [1.82, 2.24) is 4.98 Å². The summed E-state index contributed by atoms with van der Waals surface area (Å²) in [5, 5.41) is 20.1. The van der Waals surface area contributed by atoms with Crippen molar-refractivity contribution in [2.24, 2.45) is 0 Å². The highest BCUT2D eigenvalue weighted by Crippen LogP contribution is 2.31. The van der Waals surface area contributed by atoms with E-state index in [1.165, 1.54) is 6.07 Å².